The SMILES string of the molecule is c1ccc(N(c2ccc(-c3cccc(-n4c5ccccc5c5ccccc54)c3)cc2)c2ccc3c(c2)C(c2ccccc2)(c2ccccc2)c2ccccc2-3)cc1. The van der Waals surface area contributed by atoms with Gasteiger partial charge in [-0.2, -0.15) is 0 Å². The predicted molar refractivity (Wildman–Crippen MR) is 238 cm³/mol. The summed E-state index contributed by atoms with van der Waals surface area (Å²) in [7, 11) is 0. The first-order valence-electron chi connectivity index (χ1n) is 19.7. The summed E-state index contributed by atoms with van der Waals surface area (Å²) in [6.07, 6.45) is 0. The summed E-state index contributed by atoms with van der Waals surface area (Å²) < 4.78 is 2.39. The third-order valence-electron chi connectivity index (χ3n) is 11.9. The summed E-state index contributed by atoms with van der Waals surface area (Å²) in [4.78, 5) is 2.39. The van der Waals surface area contributed by atoms with Gasteiger partial charge in [0.05, 0.1) is 16.4 Å². The van der Waals surface area contributed by atoms with E-state index >= 15 is 0 Å². The molecule has 1 aromatic heterocycles. The zero-order valence-corrected chi connectivity index (χ0v) is 31.3. The minimum atomic E-state index is -0.474. The van der Waals surface area contributed by atoms with Gasteiger partial charge in [-0.15, -0.1) is 0 Å². The maximum Gasteiger partial charge on any atom is 0.0714 e. The molecule has 2 heteroatoms. The van der Waals surface area contributed by atoms with E-state index in [2.05, 4.69) is 240 Å². The highest BCUT2D eigenvalue weighted by Crippen LogP contribution is 2.57. The maximum absolute atomic E-state index is 2.44. The normalized spacial score (nSPS) is 12.7. The molecule has 0 saturated carbocycles. The Bertz CT molecular complexity index is 2960. The van der Waals surface area contributed by atoms with Crippen LogP contribution in [0, 0.1) is 0 Å². The fourth-order valence-electron chi connectivity index (χ4n) is 9.42. The summed E-state index contributed by atoms with van der Waals surface area (Å²) in [5, 5.41) is 2.54. The molecule has 57 heavy (non-hydrogen) atoms. The van der Waals surface area contributed by atoms with Crippen LogP contribution in [-0.4, -0.2) is 4.57 Å². The molecular weight excluding hydrogens is 689 g/mol. The van der Waals surface area contributed by atoms with Gasteiger partial charge < -0.3 is 9.47 Å². The molecular formula is C55H38N2. The van der Waals surface area contributed by atoms with E-state index in [-0.39, 0.29) is 0 Å². The number of para-hydroxylation sites is 3. The van der Waals surface area contributed by atoms with E-state index in [4.69, 9.17) is 0 Å². The van der Waals surface area contributed by atoms with E-state index < -0.39 is 5.41 Å². The van der Waals surface area contributed by atoms with Crippen LogP contribution in [0.15, 0.2) is 231 Å². The Morgan fingerprint density at radius 1 is 0.333 bits per heavy atom. The van der Waals surface area contributed by atoms with Crippen molar-refractivity contribution in [2.45, 2.75) is 5.41 Å². The molecule has 0 spiro atoms. The van der Waals surface area contributed by atoms with Crippen molar-refractivity contribution in [2.24, 2.45) is 0 Å². The molecule has 268 valence electrons. The van der Waals surface area contributed by atoms with E-state index in [0.29, 0.717) is 0 Å². The second-order valence-electron chi connectivity index (χ2n) is 14.9. The van der Waals surface area contributed by atoms with Gasteiger partial charge in [0.1, 0.15) is 0 Å². The van der Waals surface area contributed by atoms with Gasteiger partial charge in [-0.1, -0.05) is 170 Å². The lowest BCUT2D eigenvalue weighted by Gasteiger charge is -2.35. The minimum Gasteiger partial charge on any atom is -0.310 e. The zero-order valence-electron chi connectivity index (χ0n) is 31.3. The van der Waals surface area contributed by atoms with Gasteiger partial charge >= 0.3 is 0 Å². The quantitative estimate of drug-likeness (QED) is 0.159. The van der Waals surface area contributed by atoms with Crippen LogP contribution in [-0.2, 0) is 5.41 Å². The van der Waals surface area contributed by atoms with Crippen molar-refractivity contribution in [3.63, 3.8) is 0 Å². The Balaban J connectivity index is 1.04. The Morgan fingerprint density at radius 2 is 0.860 bits per heavy atom. The van der Waals surface area contributed by atoms with Crippen LogP contribution >= 0.6 is 0 Å². The van der Waals surface area contributed by atoms with E-state index in [1.165, 1.54) is 66.3 Å². The molecule has 1 aliphatic rings. The van der Waals surface area contributed by atoms with Gasteiger partial charge in [0, 0.05) is 33.5 Å². The van der Waals surface area contributed by atoms with Crippen LogP contribution in [0.2, 0.25) is 0 Å². The van der Waals surface area contributed by atoms with Gasteiger partial charge in [-0.05, 0) is 105 Å². The highest BCUT2D eigenvalue weighted by atomic mass is 15.1. The van der Waals surface area contributed by atoms with Crippen LogP contribution in [0.25, 0.3) is 49.7 Å². The van der Waals surface area contributed by atoms with Gasteiger partial charge in [0.25, 0.3) is 0 Å². The van der Waals surface area contributed by atoms with Crippen LogP contribution in [0.4, 0.5) is 17.1 Å². The molecule has 1 aliphatic carbocycles. The van der Waals surface area contributed by atoms with Gasteiger partial charge in [0.15, 0.2) is 0 Å². The number of anilines is 3. The lowest BCUT2D eigenvalue weighted by atomic mass is 9.67. The zero-order chi connectivity index (χ0) is 37.8. The molecule has 10 aromatic rings. The van der Waals surface area contributed by atoms with Crippen molar-refractivity contribution in [3.8, 4) is 27.9 Å². The van der Waals surface area contributed by atoms with E-state index in [1.807, 2.05) is 0 Å². The Hall–Kier alpha value is -7.42. The van der Waals surface area contributed by atoms with Gasteiger partial charge in [-0.3, -0.25) is 0 Å². The molecule has 0 aliphatic heterocycles. The van der Waals surface area contributed by atoms with Gasteiger partial charge in [0.2, 0.25) is 0 Å². The van der Waals surface area contributed by atoms with E-state index in [9.17, 15) is 0 Å². The van der Waals surface area contributed by atoms with Crippen molar-refractivity contribution in [1.29, 1.82) is 0 Å². The number of fused-ring (bicyclic) bond motifs is 6. The number of benzene rings is 9. The molecule has 0 radical (unpaired) electrons. The Morgan fingerprint density at radius 3 is 1.53 bits per heavy atom. The van der Waals surface area contributed by atoms with Crippen molar-refractivity contribution >= 4 is 38.9 Å². The molecule has 0 fully saturated rings. The van der Waals surface area contributed by atoms with Crippen molar-refractivity contribution in [3.05, 3.63) is 253 Å². The number of aromatic nitrogens is 1. The molecule has 0 N–H and O–H groups in total. The van der Waals surface area contributed by atoms with Crippen LogP contribution in [0.5, 0.6) is 0 Å². The first kappa shape index (κ1) is 33.0. The van der Waals surface area contributed by atoms with E-state index in [0.717, 1.165) is 22.7 Å². The lowest BCUT2D eigenvalue weighted by molar-refractivity contribution is 0.768. The Kier molecular flexibility index (Phi) is 7.75. The molecule has 0 saturated heterocycles. The molecule has 0 amide bonds. The standard InChI is InChI=1S/C55H38N2/c1-4-18-41(19-5-1)55(42-20-6-2-7-21-42)51-28-13-10-25-47(51)48-36-35-46(38-52(48)55)56(43-22-8-3-9-23-43)44-33-31-39(32-34-44)40-17-16-24-45(37-40)57-53-29-14-11-26-49(53)50-27-12-15-30-54(50)57/h1-38H. The van der Waals surface area contributed by atoms with Crippen molar-refractivity contribution < 1.29 is 0 Å². The topological polar surface area (TPSA) is 8.17 Å². The fraction of sp³-hybridized carbons (Fsp3) is 0.0182. The first-order chi connectivity index (χ1) is 28.3. The Labute approximate surface area is 333 Å². The number of hydrogen-bond acceptors (Lipinski definition) is 1. The summed E-state index contributed by atoms with van der Waals surface area (Å²) in [6, 6.07) is 84.1. The molecule has 11 rings (SSSR count). The molecule has 1 heterocycles. The number of rotatable bonds is 7. The third-order valence-corrected chi connectivity index (χ3v) is 11.9. The first-order valence-corrected chi connectivity index (χ1v) is 19.7. The lowest BCUT2D eigenvalue weighted by Crippen LogP contribution is -2.28. The molecule has 0 bridgehead atoms. The number of hydrogen-bond donors (Lipinski definition) is 0. The van der Waals surface area contributed by atoms with Crippen LogP contribution in [0.1, 0.15) is 22.3 Å². The molecule has 2 nitrogen and oxygen atoms in total. The third kappa shape index (κ3) is 5.18. The van der Waals surface area contributed by atoms with Gasteiger partial charge in [-0.25, -0.2) is 0 Å². The second-order valence-corrected chi connectivity index (χ2v) is 14.9. The average Bonchev–Trinajstić information content (AvgIpc) is 3.78. The van der Waals surface area contributed by atoms with Crippen molar-refractivity contribution in [1.82, 2.24) is 4.57 Å². The summed E-state index contributed by atoms with van der Waals surface area (Å²) >= 11 is 0. The molecule has 9 aromatic carbocycles. The summed E-state index contributed by atoms with van der Waals surface area (Å²) in [5.74, 6) is 0. The number of nitrogens with zero attached hydrogens (tertiary/aromatic N) is 2. The highest BCUT2D eigenvalue weighted by molar-refractivity contribution is 6.09. The highest BCUT2D eigenvalue weighted by Gasteiger charge is 2.46. The molecule has 0 unspecified atom stereocenters. The maximum atomic E-state index is 2.44. The second kappa shape index (κ2) is 13.4. The smallest absolute Gasteiger partial charge is 0.0714 e. The minimum absolute atomic E-state index is 0.474. The van der Waals surface area contributed by atoms with Crippen LogP contribution < -0.4 is 4.90 Å². The predicted octanol–water partition coefficient (Wildman–Crippen LogP) is 14.3. The van der Waals surface area contributed by atoms with Crippen LogP contribution in [0.3, 0.4) is 0 Å². The van der Waals surface area contributed by atoms with E-state index in [1.54, 1.807) is 0 Å². The largest absolute Gasteiger partial charge is 0.310 e. The van der Waals surface area contributed by atoms with Crippen molar-refractivity contribution in [2.75, 3.05) is 4.90 Å². The monoisotopic (exact) mass is 726 g/mol. The molecule has 0 atom stereocenters. The summed E-state index contributed by atoms with van der Waals surface area (Å²) in [5.41, 5.74) is 16.5. The average molecular weight is 727 g/mol. The summed E-state index contributed by atoms with van der Waals surface area (Å²) in [6.45, 7) is 0. The fourth-order valence-corrected chi connectivity index (χ4v) is 9.42.